The minimum Gasteiger partial charge on any atom is -0.438 e. The maximum Gasteiger partial charge on any atom is 0.231 e. The van der Waals surface area contributed by atoms with E-state index in [1.165, 1.54) is 12.8 Å². The molecule has 3 heterocycles. The molecule has 5 heteroatoms. The first-order valence-electron chi connectivity index (χ1n) is 7.01. The normalized spacial score (nSPS) is 14.3. The monoisotopic (exact) mass is 360 g/mol. The highest BCUT2D eigenvalue weighted by Crippen LogP contribution is 2.30. The predicted octanol–water partition coefficient (Wildman–Crippen LogP) is 5.12. The van der Waals surface area contributed by atoms with Crippen molar-refractivity contribution in [1.82, 2.24) is 9.55 Å². The molecular weight excluding hydrogens is 348 g/mol. The minimum atomic E-state index is 0.658. The first kappa shape index (κ1) is 13.2. The molecule has 0 atom stereocenters. The van der Waals surface area contributed by atoms with Gasteiger partial charge in [-0.2, -0.15) is 4.98 Å². The maximum absolute atomic E-state index is 5.93. The van der Waals surface area contributed by atoms with Crippen molar-refractivity contribution in [2.24, 2.45) is 0 Å². The van der Waals surface area contributed by atoms with Gasteiger partial charge in [0.05, 0.1) is 5.39 Å². The van der Waals surface area contributed by atoms with Crippen molar-refractivity contribution in [2.45, 2.75) is 25.8 Å². The fourth-order valence-corrected chi connectivity index (χ4v) is 3.40. The van der Waals surface area contributed by atoms with Crippen LogP contribution in [-0.4, -0.2) is 9.55 Å². The smallest absolute Gasteiger partial charge is 0.231 e. The van der Waals surface area contributed by atoms with Crippen LogP contribution in [0.2, 0.25) is 0 Å². The number of rotatable bonds is 1. The van der Waals surface area contributed by atoms with E-state index in [1.54, 1.807) is 0 Å². The number of aromatic nitrogens is 2. The Morgan fingerprint density at radius 2 is 2.00 bits per heavy atom. The van der Waals surface area contributed by atoms with Gasteiger partial charge in [0.1, 0.15) is 16.2 Å². The third-order valence-corrected chi connectivity index (χ3v) is 4.86. The van der Waals surface area contributed by atoms with Gasteiger partial charge < -0.3 is 8.98 Å². The molecule has 1 aromatic carbocycles. The van der Waals surface area contributed by atoms with Gasteiger partial charge in [0.25, 0.3) is 0 Å². The molecule has 3 aromatic rings. The van der Waals surface area contributed by atoms with E-state index in [4.69, 9.17) is 16.6 Å². The number of hydrogen-bond donors (Lipinski definition) is 0. The van der Waals surface area contributed by atoms with Crippen LogP contribution in [0.15, 0.2) is 39.2 Å². The second-order valence-corrected chi connectivity index (χ2v) is 6.58. The van der Waals surface area contributed by atoms with Gasteiger partial charge in [0.15, 0.2) is 0 Å². The number of fused-ring (bicyclic) bond motifs is 2. The Morgan fingerprint density at radius 1 is 1.19 bits per heavy atom. The summed E-state index contributed by atoms with van der Waals surface area (Å²) < 4.78 is 9.99. The molecule has 0 aliphatic carbocycles. The molecule has 1 aliphatic heterocycles. The van der Waals surface area contributed by atoms with E-state index in [9.17, 15) is 0 Å². The van der Waals surface area contributed by atoms with Gasteiger partial charge in [-0.25, -0.2) is 0 Å². The highest BCUT2D eigenvalue weighted by Gasteiger charge is 2.16. The Balaban J connectivity index is 1.92. The molecule has 0 amide bonds. The zero-order chi connectivity index (χ0) is 14.4. The summed E-state index contributed by atoms with van der Waals surface area (Å²) in [5.41, 5.74) is 1.69. The van der Waals surface area contributed by atoms with Crippen LogP contribution in [0.1, 0.15) is 18.7 Å². The van der Waals surface area contributed by atoms with E-state index in [0.29, 0.717) is 5.71 Å². The van der Waals surface area contributed by atoms with E-state index in [-0.39, 0.29) is 0 Å². The highest BCUT2D eigenvalue weighted by atomic mass is 79.9. The van der Waals surface area contributed by atoms with Crippen LogP contribution in [-0.2, 0) is 13.0 Å². The largest absolute Gasteiger partial charge is 0.438 e. The molecule has 0 saturated heterocycles. The molecule has 21 heavy (non-hydrogen) atoms. The summed E-state index contributed by atoms with van der Waals surface area (Å²) in [5.74, 6) is 1.87. The second kappa shape index (κ2) is 5.07. The second-order valence-electron chi connectivity index (χ2n) is 5.28. The molecule has 0 saturated carbocycles. The molecule has 0 radical (unpaired) electrons. The van der Waals surface area contributed by atoms with E-state index in [2.05, 4.69) is 25.5 Å². The molecule has 1 aliphatic rings. The van der Waals surface area contributed by atoms with Gasteiger partial charge >= 0.3 is 0 Å². The lowest BCUT2D eigenvalue weighted by atomic mass is 10.1. The molecule has 4 rings (SSSR count). The fourth-order valence-electron chi connectivity index (χ4n) is 2.79. The summed E-state index contributed by atoms with van der Waals surface area (Å²) in [5, 5.41) is 0.938. The number of furan rings is 1. The zero-order valence-electron chi connectivity index (χ0n) is 11.3. The van der Waals surface area contributed by atoms with Crippen LogP contribution in [0.25, 0.3) is 22.4 Å². The maximum atomic E-state index is 5.93. The van der Waals surface area contributed by atoms with Crippen LogP contribution in [0.3, 0.4) is 0 Å². The Bertz CT molecular complexity index is 880. The first-order chi connectivity index (χ1) is 10.2. The SMILES string of the molecule is S=c1c2cc(-c3ccc(Br)cc3)oc2nc2n1CCCC2. The van der Waals surface area contributed by atoms with Crippen LogP contribution in [0.5, 0.6) is 0 Å². The molecule has 0 fully saturated rings. The van der Waals surface area contributed by atoms with Crippen LogP contribution in [0.4, 0.5) is 0 Å². The Labute approximate surface area is 135 Å². The number of hydrogen-bond acceptors (Lipinski definition) is 3. The third kappa shape index (κ3) is 2.24. The van der Waals surface area contributed by atoms with Crippen molar-refractivity contribution in [3.05, 3.63) is 45.3 Å². The lowest BCUT2D eigenvalue weighted by Crippen LogP contribution is -2.15. The van der Waals surface area contributed by atoms with E-state index >= 15 is 0 Å². The summed E-state index contributed by atoms with van der Waals surface area (Å²) in [6.07, 6.45) is 3.33. The molecule has 3 nitrogen and oxygen atoms in total. The predicted molar refractivity (Wildman–Crippen MR) is 88.9 cm³/mol. The summed E-state index contributed by atoms with van der Waals surface area (Å²) in [6.45, 7) is 0.968. The lowest BCUT2D eigenvalue weighted by molar-refractivity contribution is 0.501. The molecule has 0 unspecified atom stereocenters. The Hall–Kier alpha value is -1.46. The molecule has 0 bridgehead atoms. The van der Waals surface area contributed by atoms with Gasteiger partial charge in [0, 0.05) is 23.0 Å². The Kier molecular flexibility index (Phi) is 3.19. The van der Waals surface area contributed by atoms with Crippen molar-refractivity contribution in [2.75, 3.05) is 0 Å². The fraction of sp³-hybridized carbons (Fsp3) is 0.250. The van der Waals surface area contributed by atoms with Gasteiger partial charge in [-0.05, 0) is 31.0 Å². The number of aryl methyl sites for hydroxylation is 1. The molecule has 0 spiro atoms. The van der Waals surface area contributed by atoms with Crippen LogP contribution < -0.4 is 0 Å². The molecular formula is C16H13BrN2OS. The van der Waals surface area contributed by atoms with Gasteiger partial charge in [0.2, 0.25) is 5.71 Å². The van der Waals surface area contributed by atoms with Crippen molar-refractivity contribution < 1.29 is 4.42 Å². The lowest BCUT2D eigenvalue weighted by Gasteiger charge is -2.17. The van der Waals surface area contributed by atoms with Crippen LogP contribution >= 0.6 is 28.1 Å². The van der Waals surface area contributed by atoms with Gasteiger partial charge in [-0.15, -0.1) is 0 Å². The summed E-state index contributed by atoms with van der Waals surface area (Å²) in [7, 11) is 0. The Morgan fingerprint density at radius 3 is 2.81 bits per heavy atom. The molecule has 2 aromatic heterocycles. The van der Waals surface area contributed by atoms with Crippen molar-refractivity contribution in [3.8, 4) is 11.3 Å². The quantitative estimate of drug-likeness (QED) is 0.564. The van der Waals surface area contributed by atoms with E-state index in [1.807, 2.05) is 30.3 Å². The minimum absolute atomic E-state index is 0.658. The summed E-state index contributed by atoms with van der Waals surface area (Å²) in [6, 6.07) is 10.1. The zero-order valence-corrected chi connectivity index (χ0v) is 13.7. The van der Waals surface area contributed by atoms with E-state index in [0.717, 1.165) is 44.6 Å². The van der Waals surface area contributed by atoms with Gasteiger partial charge in [-0.1, -0.05) is 40.3 Å². The summed E-state index contributed by atoms with van der Waals surface area (Å²) in [4.78, 5) is 4.66. The number of nitrogens with zero attached hydrogens (tertiary/aromatic N) is 2. The van der Waals surface area contributed by atoms with Gasteiger partial charge in [-0.3, -0.25) is 0 Å². The first-order valence-corrected chi connectivity index (χ1v) is 8.22. The molecule has 106 valence electrons. The van der Waals surface area contributed by atoms with Crippen molar-refractivity contribution in [1.29, 1.82) is 0 Å². The highest BCUT2D eigenvalue weighted by molar-refractivity contribution is 9.10. The van der Waals surface area contributed by atoms with E-state index < -0.39 is 0 Å². The number of benzene rings is 1. The topological polar surface area (TPSA) is 31.0 Å². The number of halogens is 1. The average molecular weight is 361 g/mol. The average Bonchev–Trinajstić information content (AvgIpc) is 2.92. The van der Waals surface area contributed by atoms with Crippen molar-refractivity contribution in [3.63, 3.8) is 0 Å². The molecule has 0 N–H and O–H groups in total. The van der Waals surface area contributed by atoms with Crippen LogP contribution in [0, 0.1) is 4.64 Å². The summed E-state index contributed by atoms with van der Waals surface area (Å²) >= 11 is 9.07. The third-order valence-electron chi connectivity index (χ3n) is 3.89. The standard InChI is InChI=1S/C16H13BrN2OS/c17-11-6-4-10(5-7-11)13-9-12-15(20-13)18-14-3-1-2-8-19(14)16(12)21/h4-7,9H,1-3,8H2. The van der Waals surface area contributed by atoms with Crippen molar-refractivity contribution >= 4 is 39.2 Å².